The van der Waals surface area contributed by atoms with Gasteiger partial charge in [-0.1, -0.05) is 24.6 Å². The predicted molar refractivity (Wildman–Crippen MR) is 79.8 cm³/mol. The molecule has 0 spiro atoms. The summed E-state index contributed by atoms with van der Waals surface area (Å²) in [5.74, 6) is 0.804. The first kappa shape index (κ1) is 14.9. The van der Waals surface area contributed by atoms with Crippen LogP contribution in [-0.4, -0.2) is 32.0 Å². The summed E-state index contributed by atoms with van der Waals surface area (Å²) in [4.78, 5) is 0. The van der Waals surface area contributed by atoms with Crippen molar-refractivity contribution in [2.75, 3.05) is 20.8 Å². The van der Waals surface area contributed by atoms with Gasteiger partial charge in [-0.15, -0.1) is 5.73 Å². The van der Waals surface area contributed by atoms with Crippen molar-refractivity contribution in [3.8, 4) is 5.75 Å². The third kappa shape index (κ3) is 3.51. The number of hydrogen-bond acceptors (Lipinski definition) is 3. The maximum Gasteiger partial charge on any atom is 0.127 e. The molecule has 0 radical (unpaired) electrons. The third-order valence-corrected chi connectivity index (χ3v) is 3.61. The van der Waals surface area contributed by atoms with Gasteiger partial charge in [-0.3, -0.25) is 0 Å². The Labute approximate surface area is 120 Å². The summed E-state index contributed by atoms with van der Waals surface area (Å²) in [7, 11) is 3.32. The van der Waals surface area contributed by atoms with Crippen molar-refractivity contribution in [2.24, 2.45) is 0 Å². The fraction of sp³-hybridized carbons (Fsp3) is 0.471. The van der Waals surface area contributed by atoms with E-state index in [0.29, 0.717) is 6.61 Å². The molecule has 3 nitrogen and oxygen atoms in total. The van der Waals surface area contributed by atoms with E-state index >= 15 is 0 Å². The molecule has 1 aliphatic carbocycles. The van der Waals surface area contributed by atoms with Crippen LogP contribution in [-0.2, 0) is 4.74 Å². The molecular weight excluding hydrogens is 252 g/mol. The summed E-state index contributed by atoms with van der Waals surface area (Å²) >= 11 is 0. The molecule has 0 aromatic heterocycles. The molecule has 1 aromatic carbocycles. The number of hydrogen-bond donors (Lipinski definition) is 1. The molecule has 3 heteroatoms. The van der Waals surface area contributed by atoms with Gasteiger partial charge < -0.3 is 14.6 Å². The average Bonchev–Trinajstić information content (AvgIpc) is 2.49. The Balaban J connectivity index is 2.47. The van der Waals surface area contributed by atoms with Crippen molar-refractivity contribution in [3.05, 3.63) is 41.1 Å². The molecule has 1 N–H and O–H groups in total. The zero-order valence-electron chi connectivity index (χ0n) is 12.2. The third-order valence-electron chi connectivity index (χ3n) is 3.61. The second kappa shape index (κ2) is 7.30. The monoisotopic (exact) mass is 274 g/mol. The molecule has 1 saturated carbocycles. The van der Waals surface area contributed by atoms with Crippen molar-refractivity contribution in [3.63, 3.8) is 0 Å². The van der Waals surface area contributed by atoms with Crippen LogP contribution in [0.1, 0.15) is 31.2 Å². The van der Waals surface area contributed by atoms with E-state index in [1.54, 1.807) is 14.2 Å². The van der Waals surface area contributed by atoms with Crippen molar-refractivity contribution in [2.45, 2.75) is 31.8 Å². The highest BCUT2D eigenvalue weighted by atomic mass is 16.5. The van der Waals surface area contributed by atoms with Crippen LogP contribution in [0.15, 0.2) is 35.6 Å². The topological polar surface area (TPSA) is 38.7 Å². The van der Waals surface area contributed by atoms with Crippen LogP contribution in [0.4, 0.5) is 0 Å². The molecule has 1 aromatic rings. The quantitative estimate of drug-likeness (QED) is 0.857. The Morgan fingerprint density at radius 2 is 2.10 bits per heavy atom. The van der Waals surface area contributed by atoms with Gasteiger partial charge in [0.15, 0.2) is 0 Å². The molecule has 1 aliphatic rings. The van der Waals surface area contributed by atoms with Crippen LogP contribution in [0.3, 0.4) is 0 Å². The lowest BCUT2D eigenvalue weighted by Gasteiger charge is -2.19. The highest BCUT2D eigenvalue weighted by molar-refractivity contribution is 5.71. The van der Waals surface area contributed by atoms with Crippen LogP contribution >= 0.6 is 0 Å². The Morgan fingerprint density at radius 3 is 2.80 bits per heavy atom. The van der Waals surface area contributed by atoms with Crippen molar-refractivity contribution in [1.29, 1.82) is 0 Å². The van der Waals surface area contributed by atoms with Crippen molar-refractivity contribution in [1.82, 2.24) is 0 Å². The minimum absolute atomic E-state index is 0.370. The molecule has 0 unspecified atom stereocenters. The number of ether oxygens (including phenoxy) is 2. The molecule has 0 amide bonds. The Hall–Kier alpha value is -1.54. The van der Waals surface area contributed by atoms with E-state index in [1.165, 1.54) is 0 Å². The predicted octanol–water partition coefficient (Wildman–Crippen LogP) is 3.19. The van der Waals surface area contributed by atoms with Gasteiger partial charge in [0.1, 0.15) is 5.75 Å². The number of benzene rings is 1. The van der Waals surface area contributed by atoms with Gasteiger partial charge in [0.05, 0.1) is 19.8 Å². The lowest BCUT2D eigenvalue weighted by Crippen LogP contribution is -2.14. The zero-order chi connectivity index (χ0) is 14.4. The number of aliphatic hydroxyl groups is 1. The average molecular weight is 274 g/mol. The summed E-state index contributed by atoms with van der Waals surface area (Å²) < 4.78 is 10.7. The van der Waals surface area contributed by atoms with Gasteiger partial charge in [0.25, 0.3) is 0 Å². The van der Waals surface area contributed by atoms with Crippen LogP contribution in [0.2, 0.25) is 0 Å². The van der Waals surface area contributed by atoms with E-state index in [-0.39, 0.29) is 6.10 Å². The fourth-order valence-electron chi connectivity index (χ4n) is 2.55. The van der Waals surface area contributed by atoms with E-state index in [9.17, 15) is 5.11 Å². The van der Waals surface area contributed by atoms with Crippen LogP contribution in [0.5, 0.6) is 5.75 Å². The summed E-state index contributed by atoms with van der Waals surface area (Å²) in [5, 5.41) is 10.1. The van der Waals surface area contributed by atoms with Gasteiger partial charge in [0.2, 0.25) is 0 Å². The maximum absolute atomic E-state index is 10.1. The Morgan fingerprint density at radius 1 is 1.30 bits per heavy atom. The first-order chi connectivity index (χ1) is 9.76. The van der Waals surface area contributed by atoms with Gasteiger partial charge in [-0.05, 0) is 25.3 Å². The Kier molecular flexibility index (Phi) is 5.42. The summed E-state index contributed by atoms with van der Waals surface area (Å²) in [6.07, 6.45) is 3.56. The molecule has 0 heterocycles. The maximum atomic E-state index is 10.1. The normalized spacial score (nSPS) is 18.6. The van der Waals surface area contributed by atoms with Crippen molar-refractivity contribution >= 4 is 5.57 Å². The van der Waals surface area contributed by atoms with Gasteiger partial charge >= 0.3 is 0 Å². The van der Waals surface area contributed by atoms with E-state index in [1.807, 2.05) is 24.3 Å². The molecule has 1 fully saturated rings. The smallest absolute Gasteiger partial charge is 0.127 e. The molecule has 0 aliphatic heterocycles. The van der Waals surface area contributed by atoms with Gasteiger partial charge in [-0.25, -0.2) is 0 Å². The van der Waals surface area contributed by atoms with Gasteiger partial charge in [-0.2, -0.15) is 0 Å². The lowest BCUT2D eigenvalue weighted by molar-refractivity contribution is 0.179. The van der Waals surface area contributed by atoms with E-state index in [2.05, 4.69) is 5.73 Å². The first-order valence-electron chi connectivity index (χ1n) is 7.05. The summed E-state index contributed by atoms with van der Waals surface area (Å²) in [6.45, 7) is 0.455. The molecule has 1 atom stereocenters. The second-order valence-corrected chi connectivity index (χ2v) is 5.02. The van der Waals surface area contributed by atoms with Crippen LogP contribution in [0, 0.1) is 0 Å². The summed E-state index contributed by atoms with van der Waals surface area (Å²) in [6, 6.07) is 7.83. The van der Waals surface area contributed by atoms with Crippen LogP contribution < -0.4 is 4.74 Å². The van der Waals surface area contributed by atoms with Crippen molar-refractivity contribution < 1.29 is 14.6 Å². The molecule has 0 bridgehead atoms. The standard InChI is InChI=1S/C17H22O3/c1-19-12-14(11-13-7-3-5-9-16(13)18)15-8-4-6-10-17(15)20-2/h4,6,8,10,16,18H,3,5,7,9,12H2,1-2H3/t11?,16-/m1/s1. The minimum atomic E-state index is -0.370. The van der Waals surface area contributed by atoms with Crippen LogP contribution in [0.25, 0.3) is 5.57 Å². The zero-order valence-corrected chi connectivity index (χ0v) is 12.2. The summed E-state index contributed by atoms with van der Waals surface area (Å²) in [5.41, 5.74) is 6.26. The van der Waals surface area contributed by atoms with Gasteiger partial charge in [0, 0.05) is 23.8 Å². The second-order valence-electron chi connectivity index (χ2n) is 5.02. The molecule has 20 heavy (non-hydrogen) atoms. The lowest BCUT2D eigenvalue weighted by atomic mass is 9.91. The van der Waals surface area contributed by atoms with E-state index in [0.717, 1.165) is 48.1 Å². The first-order valence-corrected chi connectivity index (χ1v) is 7.05. The number of rotatable bonds is 4. The Bertz CT molecular complexity index is 513. The number of para-hydroxylation sites is 1. The molecule has 2 rings (SSSR count). The van der Waals surface area contributed by atoms with E-state index < -0.39 is 0 Å². The minimum Gasteiger partial charge on any atom is -0.496 e. The molecule has 108 valence electrons. The highest BCUT2D eigenvalue weighted by Crippen LogP contribution is 2.28. The molecular formula is C17H22O3. The highest BCUT2D eigenvalue weighted by Gasteiger charge is 2.16. The largest absolute Gasteiger partial charge is 0.496 e. The fourth-order valence-corrected chi connectivity index (χ4v) is 2.55. The number of aliphatic hydroxyl groups excluding tert-OH is 1. The van der Waals surface area contributed by atoms with E-state index in [4.69, 9.17) is 9.47 Å². The molecule has 0 saturated heterocycles. The SMILES string of the molecule is COCC(=C=C1CCCC[C@H]1O)c1ccccc1OC. The number of methoxy groups -OCH3 is 2.